The lowest BCUT2D eigenvalue weighted by molar-refractivity contribution is -0.136. The second-order valence-electron chi connectivity index (χ2n) is 7.52. The molecule has 0 aliphatic carbocycles. The van der Waals surface area contributed by atoms with E-state index in [2.05, 4.69) is 21.2 Å². The summed E-state index contributed by atoms with van der Waals surface area (Å²) in [5.74, 6) is -2.05. The number of rotatable bonds is 7. The number of anilines is 2. The zero-order chi connectivity index (χ0) is 26.2. The number of benzene rings is 3. The Labute approximate surface area is 222 Å². The Morgan fingerprint density at radius 3 is 2.42 bits per heavy atom. The van der Waals surface area contributed by atoms with Gasteiger partial charge in [-0.2, -0.15) is 5.10 Å². The molecule has 0 bridgehead atoms. The third-order valence-electron chi connectivity index (χ3n) is 4.99. The summed E-state index contributed by atoms with van der Waals surface area (Å²) in [5.41, 5.74) is 5.22. The van der Waals surface area contributed by atoms with Crippen LogP contribution in [0.15, 0.2) is 59.7 Å². The van der Waals surface area contributed by atoms with Gasteiger partial charge in [-0.1, -0.05) is 53.0 Å². The Balaban J connectivity index is 1.60. The average Bonchev–Trinajstić information content (AvgIpc) is 2.84. The van der Waals surface area contributed by atoms with E-state index in [0.717, 1.165) is 11.1 Å². The number of hydrogen-bond acceptors (Lipinski definition) is 5. The van der Waals surface area contributed by atoms with Gasteiger partial charge in [0.15, 0.2) is 6.61 Å². The van der Waals surface area contributed by atoms with Crippen LogP contribution < -0.4 is 20.8 Å². The minimum absolute atomic E-state index is 0.212. The molecular weight excluding hydrogens is 527 g/mol. The van der Waals surface area contributed by atoms with Gasteiger partial charge in [0, 0.05) is 16.3 Å². The maximum Gasteiger partial charge on any atom is 0.329 e. The van der Waals surface area contributed by atoms with Crippen molar-refractivity contribution in [3.05, 3.63) is 86.4 Å². The molecule has 11 heteroatoms. The number of carbonyl (C=O) groups excluding carboxylic acids is 3. The molecule has 0 aromatic heterocycles. The molecule has 0 saturated carbocycles. The van der Waals surface area contributed by atoms with Crippen LogP contribution in [0, 0.1) is 13.8 Å². The van der Waals surface area contributed by atoms with E-state index in [-0.39, 0.29) is 17.4 Å². The number of nitrogens with zero attached hydrogens (tertiary/aromatic N) is 1. The summed E-state index contributed by atoms with van der Waals surface area (Å²) in [4.78, 5) is 36.7. The highest BCUT2D eigenvalue weighted by atomic mass is 35.5. The molecule has 0 fully saturated rings. The van der Waals surface area contributed by atoms with Gasteiger partial charge in [0.2, 0.25) is 0 Å². The summed E-state index contributed by atoms with van der Waals surface area (Å²) in [7, 11) is 0. The van der Waals surface area contributed by atoms with Gasteiger partial charge in [-0.3, -0.25) is 14.4 Å². The van der Waals surface area contributed by atoms with E-state index in [4.69, 9.17) is 39.5 Å². The number of hydrogen-bond donors (Lipinski definition) is 3. The third kappa shape index (κ3) is 7.21. The molecule has 3 N–H and O–H groups in total. The van der Waals surface area contributed by atoms with Crippen molar-refractivity contribution < 1.29 is 19.1 Å². The van der Waals surface area contributed by atoms with Crippen molar-refractivity contribution >= 4 is 70.1 Å². The van der Waals surface area contributed by atoms with Gasteiger partial charge in [0.1, 0.15) is 5.75 Å². The standard InChI is InChI=1S/C25H21Cl3N4O4/c1-14-5-3-7-19(15(14)2)31-24(34)25(35)32-29-12-16-11-17(26)9-10-21(16)36-13-22(33)30-20-8-4-6-18(27)23(20)28/h3-12H,13H2,1-2H3,(H,30,33)(H,31,34)(H,32,35)/b29-12-. The monoisotopic (exact) mass is 546 g/mol. The average molecular weight is 548 g/mol. The third-order valence-corrected chi connectivity index (χ3v) is 6.04. The van der Waals surface area contributed by atoms with Gasteiger partial charge in [0.05, 0.1) is 21.9 Å². The van der Waals surface area contributed by atoms with Crippen LogP contribution in [0.3, 0.4) is 0 Å². The molecule has 3 rings (SSSR count). The smallest absolute Gasteiger partial charge is 0.329 e. The first kappa shape index (κ1) is 27.0. The molecular formula is C25H21Cl3N4O4. The van der Waals surface area contributed by atoms with Crippen LogP contribution in [-0.4, -0.2) is 30.5 Å². The molecule has 0 radical (unpaired) electrons. The highest BCUT2D eigenvalue weighted by Gasteiger charge is 2.15. The van der Waals surface area contributed by atoms with E-state index in [1.807, 2.05) is 19.9 Å². The van der Waals surface area contributed by atoms with Gasteiger partial charge in [-0.25, -0.2) is 5.43 Å². The van der Waals surface area contributed by atoms with Crippen molar-refractivity contribution in [1.82, 2.24) is 5.43 Å². The summed E-state index contributed by atoms with van der Waals surface area (Å²) < 4.78 is 5.57. The molecule has 0 aliphatic heterocycles. The minimum Gasteiger partial charge on any atom is -0.483 e. The number of amides is 3. The molecule has 0 spiro atoms. The van der Waals surface area contributed by atoms with Gasteiger partial charge in [0.25, 0.3) is 5.91 Å². The fourth-order valence-electron chi connectivity index (χ4n) is 2.96. The number of ether oxygens (including phenoxy) is 1. The Morgan fingerprint density at radius 2 is 1.64 bits per heavy atom. The predicted octanol–water partition coefficient (Wildman–Crippen LogP) is 5.37. The molecule has 0 saturated heterocycles. The van der Waals surface area contributed by atoms with Gasteiger partial charge in [-0.05, 0) is 61.4 Å². The summed E-state index contributed by atoms with van der Waals surface area (Å²) in [5, 5.41) is 9.85. The van der Waals surface area contributed by atoms with Gasteiger partial charge >= 0.3 is 11.8 Å². The van der Waals surface area contributed by atoms with Crippen LogP contribution in [-0.2, 0) is 14.4 Å². The lowest BCUT2D eigenvalue weighted by atomic mass is 10.1. The summed E-state index contributed by atoms with van der Waals surface area (Å²) in [6.45, 7) is 3.39. The molecule has 186 valence electrons. The molecule has 3 aromatic carbocycles. The first-order chi connectivity index (χ1) is 17.2. The first-order valence-corrected chi connectivity index (χ1v) is 11.7. The molecule has 8 nitrogen and oxygen atoms in total. The Kier molecular flexibility index (Phi) is 9.30. The van der Waals surface area contributed by atoms with E-state index in [0.29, 0.717) is 27.0 Å². The zero-order valence-corrected chi connectivity index (χ0v) is 21.5. The normalized spacial score (nSPS) is 10.7. The largest absolute Gasteiger partial charge is 0.483 e. The maximum atomic E-state index is 12.3. The highest BCUT2D eigenvalue weighted by Crippen LogP contribution is 2.29. The molecule has 0 unspecified atom stereocenters. The second-order valence-corrected chi connectivity index (χ2v) is 8.74. The van der Waals surface area contributed by atoms with Crippen molar-refractivity contribution in [2.24, 2.45) is 5.10 Å². The van der Waals surface area contributed by atoms with E-state index in [9.17, 15) is 14.4 Å². The topological polar surface area (TPSA) is 109 Å². The van der Waals surface area contributed by atoms with Gasteiger partial charge < -0.3 is 15.4 Å². The fourth-order valence-corrected chi connectivity index (χ4v) is 3.49. The summed E-state index contributed by atoms with van der Waals surface area (Å²) in [6, 6.07) is 14.8. The second kappa shape index (κ2) is 12.4. The van der Waals surface area contributed by atoms with Crippen molar-refractivity contribution in [3.8, 4) is 5.75 Å². The first-order valence-electron chi connectivity index (χ1n) is 10.5. The van der Waals surface area contributed by atoms with Crippen LogP contribution in [0.4, 0.5) is 11.4 Å². The minimum atomic E-state index is -0.963. The van der Waals surface area contributed by atoms with Crippen molar-refractivity contribution in [2.75, 3.05) is 17.2 Å². The number of aryl methyl sites for hydroxylation is 1. The Bertz CT molecular complexity index is 1340. The molecule has 3 aromatic rings. The lowest BCUT2D eigenvalue weighted by Gasteiger charge is -2.11. The van der Waals surface area contributed by atoms with Crippen LogP contribution in [0.25, 0.3) is 0 Å². The fraction of sp³-hybridized carbons (Fsp3) is 0.120. The van der Waals surface area contributed by atoms with E-state index >= 15 is 0 Å². The maximum absolute atomic E-state index is 12.3. The van der Waals surface area contributed by atoms with Crippen molar-refractivity contribution in [2.45, 2.75) is 13.8 Å². The lowest BCUT2D eigenvalue weighted by Crippen LogP contribution is -2.32. The van der Waals surface area contributed by atoms with Crippen LogP contribution in [0.1, 0.15) is 16.7 Å². The van der Waals surface area contributed by atoms with Crippen LogP contribution >= 0.6 is 34.8 Å². The summed E-state index contributed by atoms with van der Waals surface area (Å²) in [6.07, 6.45) is 1.25. The molecule has 0 heterocycles. The highest BCUT2D eigenvalue weighted by molar-refractivity contribution is 6.44. The van der Waals surface area contributed by atoms with Gasteiger partial charge in [-0.15, -0.1) is 0 Å². The zero-order valence-electron chi connectivity index (χ0n) is 19.2. The number of carbonyl (C=O) groups is 3. The number of nitrogens with one attached hydrogen (secondary N) is 3. The molecule has 0 atom stereocenters. The molecule has 0 aliphatic rings. The quantitative estimate of drug-likeness (QED) is 0.210. The van der Waals surface area contributed by atoms with Crippen molar-refractivity contribution in [3.63, 3.8) is 0 Å². The van der Waals surface area contributed by atoms with Crippen LogP contribution in [0.5, 0.6) is 5.75 Å². The van der Waals surface area contributed by atoms with E-state index in [1.54, 1.807) is 42.5 Å². The molecule has 3 amide bonds. The number of hydrazone groups is 1. The Morgan fingerprint density at radius 1 is 0.917 bits per heavy atom. The van der Waals surface area contributed by atoms with Crippen molar-refractivity contribution in [1.29, 1.82) is 0 Å². The predicted molar refractivity (Wildman–Crippen MR) is 142 cm³/mol. The summed E-state index contributed by atoms with van der Waals surface area (Å²) >= 11 is 18.1. The molecule has 36 heavy (non-hydrogen) atoms. The van der Waals surface area contributed by atoms with E-state index < -0.39 is 17.7 Å². The Hall–Kier alpha value is -3.59. The van der Waals surface area contributed by atoms with E-state index in [1.165, 1.54) is 12.3 Å². The SMILES string of the molecule is Cc1cccc(NC(=O)C(=O)N/N=C\c2cc(Cl)ccc2OCC(=O)Nc2cccc(Cl)c2Cl)c1C. The van der Waals surface area contributed by atoms with Crippen LogP contribution in [0.2, 0.25) is 15.1 Å². The number of halogens is 3.